The zero-order valence-corrected chi connectivity index (χ0v) is 12.1. The van der Waals surface area contributed by atoms with Crippen LogP contribution in [-0.2, 0) is 16.3 Å². The van der Waals surface area contributed by atoms with Gasteiger partial charge in [-0.15, -0.1) is 0 Å². The summed E-state index contributed by atoms with van der Waals surface area (Å²) in [4.78, 5) is 0. The van der Waals surface area contributed by atoms with E-state index >= 15 is 0 Å². The zero-order chi connectivity index (χ0) is 13.8. The summed E-state index contributed by atoms with van der Waals surface area (Å²) in [6.07, 6.45) is 1.91. The van der Waals surface area contributed by atoms with Crippen molar-refractivity contribution in [3.63, 3.8) is 0 Å². The highest BCUT2D eigenvalue weighted by molar-refractivity contribution is 7.90. The minimum absolute atomic E-state index is 0.0229. The highest BCUT2D eigenvalue weighted by atomic mass is 35.5. The molecule has 0 aromatic heterocycles. The molecule has 0 radical (unpaired) electrons. The molecule has 0 amide bonds. The van der Waals surface area contributed by atoms with E-state index in [0.717, 1.165) is 12.0 Å². The standard InChI is InChI=1S/C12H18ClNO3S/c1-9(14)7-10-3-4-12(11(13)8-10)17-5-6-18(2,15)16/h3-4,8-9H,5-7,14H2,1-2H3. The summed E-state index contributed by atoms with van der Waals surface area (Å²) in [5.41, 5.74) is 6.73. The van der Waals surface area contributed by atoms with Crippen LogP contribution in [-0.4, -0.2) is 33.1 Å². The number of ether oxygens (including phenoxy) is 1. The van der Waals surface area contributed by atoms with Crippen LogP contribution < -0.4 is 10.5 Å². The first-order valence-electron chi connectivity index (χ1n) is 5.62. The van der Waals surface area contributed by atoms with Gasteiger partial charge in [0, 0.05) is 12.3 Å². The van der Waals surface area contributed by atoms with E-state index in [1.54, 1.807) is 12.1 Å². The molecule has 0 aliphatic heterocycles. The van der Waals surface area contributed by atoms with Crippen LogP contribution in [0.5, 0.6) is 5.75 Å². The number of rotatable bonds is 6. The van der Waals surface area contributed by atoms with E-state index in [4.69, 9.17) is 22.1 Å². The molecular weight excluding hydrogens is 274 g/mol. The van der Waals surface area contributed by atoms with Crippen molar-refractivity contribution in [2.45, 2.75) is 19.4 Å². The second-order valence-electron chi connectivity index (χ2n) is 4.42. The third-order valence-corrected chi connectivity index (χ3v) is 3.47. The monoisotopic (exact) mass is 291 g/mol. The van der Waals surface area contributed by atoms with Gasteiger partial charge in [-0.1, -0.05) is 17.7 Å². The Morgan fingerprint density at radius 2 is 2.11 bits per heavy atom. The largest absolute Gasteiger partial charge is 0.491 e. The van der Waals surface area contributed by atoms with Crippen LogP contribution >= 0.6 is 11.6 Å². The molecule has 0 saturated heterocycles. The summed E-state index contributed by atoms with van der Waals surface area (Å²) >= 11 is 6.05. The topological polar surface area (TPSA) is 69.4 Å². The number of nitrogens with two attached hydrogens (primary N) is 1. The highest BCUT2D eigenvalue weighted by Crippen LogP contribution is 2.25. The van der Waals surface area contributed by atoms with Crippen molar-refractivity contribution in [3.8, 4) is 5.75 Å². The maximum Gasteiger partial charge on any atom is 0.150 e. The number of sulfone groups is 1. The minimum Gasteiger partial charge on any atom is -0.491 e. The molecule has 1 unspecified atom stereocenters. The molecule has 6 heteroatoms. The summed E-state index contributed by atoms with van der Waals surface area (Å²) in [5, 5.41) is 0.474. The molecule has 0 aliphatic carbocycles. The van der Waals surface area contributed by atoms with Crippen molar-refractivity contribution in [1.82, 2.24) is 0 Å². The highest BCUT2D eigenvalue weighted by Gasteiger charge is 2.07. The van der Waals surface area contributed by atoms with Crippen molar-refractivity contribution in [3.05, 3.63) is 28.8 Å². The van der Waals surface area contributed by atoms with Gasteiger partial charge in [-0.2, -0.15) is 0 Å². The van der Waals surface area contributed by atoms with Gasteiger partial charge >= 0.3 is 0 Å². The second kappa shape index (κ2) is 6.41. The third kappa shape index (κ3) is 5.71. The molecule has 1 rings (SSSR count). The van der Waals surface area contributed by atoms with E-state index < -0.39 is 9.84 Å². The summed E-state index contributed by atoms with van der Waals surface area (Å²) in [6.45, 7) is 2.02. The molecule has 0 fully saturated rings. The van der Waals surface area contributed by atoms with Gasteiger partial charge < -0.3 is 10.5 Å². The van der Waals surface area contributed by atoms with E-state index in [1.165, 1.54) is 6.26 Å². The Bertz CT molecular complexity index is 500. The lowest BCUT2D eigenvalue weighted by Crippen LogP contribution is -2.17. The summed E-state index contributed by atoms with van der Waals surface area (Å²) < 4.78 is 27.2. The second-order valence-corrected chi connectivity index (χ2v) is 7.09. The molecule has 4 nitrogen and oxygen atoms in total. The van der Waals surface area contributed by atoms with E-state index in [1.807, 2.05) is 13.0 Å². The van der Waals surface area contributed by atoms with Crippen LogP contribution in [0.4, 0.5) is 0 Å². The van der Waals surface area contributed by atoms with Gasteiger partial charge in [0.2, 0.25) is 0 Å². The first-order valence-corrected chi connectivity index (χ1v) is 8.06. The number of halogens is 1. The van der Waals surface area contributed by atoms with Crippen molar-refractivity contribution in [1.29, 1.82) is 0 Å². The lowest BCUT2D eigenvalue weighted by Gasteiger charge is -2.10. The Balaban J connectivity index is 2.62. The molecule has 0 heterocycles. The lowest BCUT2D eigenvalue weighted by atomic mass is 10.1. The molecule has 0 saturated carbocycles. The Morgan fingerprint density at radius 1 is 1.44 bits per heavy atom. The van der Waals surface area contributed by atoms with Gasteiger partial charge in [-0.25, -0.2) is 8.42 Å². The summed E-state index contributed by atoms with van der Waals surface area (Å²) in [5.74, 6) is 0.471. The maximum absolute atomic E-state index is 11.0. The Labute approximate surface area is 113 Å². The third-order valence-electron chi connectivity index (χ3n) is 2.27. The molecule has 1 atom stereocenters. The molecular formula is C12H18ClNO3S. The van der Waals surface area contributed by atoms with Crippen LogP contribution in [0, 0.1) is 0 Å². The van der Waals surface area contributed by atoms with Gasteiger partial charge in [-0.3, -0.25) is 0 Å². The van der Waals surface area contributed by atoms with E-state index in [-0.39, 0.29) is 18.4 Å². The smallest absolute Gasteiger partial charge is 0.150 e. The van der Waals surface area contributed by atoms with Gasteiger partial charge in [0.15, 0.2) is 9.84 Å². The van der Waals surface area contributed by atoms with E-state index in [2.05, 4.69) is 0 Å². The van der Waals surface area contributed by atoms with E-state index in [9.17, 15) is 8.42 Å². The average Bonchev–Trinajstić information content (AvgIpc) is 2.18. The lowest BCUT2D eigenvalue weighted by molar-refractivity contribution is 0.341. The predicted octanol–water partition coefficient (Wildman–Crippen LogP) is 1.65. The first-order chi connectivity index (χ1) is 8.28. The van der Waals surface area contributed by atoms with Crippen LogP contribution in [0.25, 0.3) is 0 Å². The Morgan fingerprint density at radius 3 is 2.61 bits per heavy atom. The van der Waals surface area contributed by atoms with Crippen molar-refractivity contribution >= 4 is 21.4 Å². The summed E-state index contributed by atoms with van der Waals surface area (Å²) in [6, 6.07) is 5.48. The number of hydrogen-bond donors (Lipinski definition) is 1. The number of benzene rings is 1. The van der Waals surface area contributed by atoms with Crippen LogP contribution in [0.15, 0.2) is 18.2 Å². The fourth-order valence-electron chi connectivity index (χ4n) is 1.46. The van der Waals surface area contributed by atoms with Crippen molar-refractivity contribution in [2.24, 2.45) is 5.73 Å². The average molecular weight is 292 g/mol. The molecule has 1 aromatic carbocycles. The van der Waals surface area contributed by atoms with Gasteiger partial charge in [0.05, 0.1) is 10.8 Å². The molecule has 0 spiro atoms. The molecule has 0 bridgehead atoms. The molecule has 2 N–H and O–H groups in total. The Kier molecular flexibility index (Phi) is 5.44. The zero-order valence-electron chi connectivity index (χ0n) is 10.5. The first kappa shape index (κ1) is 15.3. The summed E-state index contributed by atoms with van der Waals surface area (Å²) in [7, 11) is -3.02. The molecule has 102 valence electrons. The van der Waals surface area contributed by atoms with Gasteiger partial charge in [0.25, 0.3) is 0 Å². The van der Waals surface area contributed by atoms with Gasteiger partial charge in [-0.05, 0) is 31.0 Å². The SMILES string of the molecule is CC(N)Cc1ccc(OCCS(C)(=O)=O)c(Cl)c1. The van der Waals surface area contributed by atoms with Crippen molar-refractivity contribution in [2.75, 3.05) is 18.6 Å². The molecule has 0 aliphatic rings. The van der Waals surface area contributed by atoms with Crippen LogP contribution in [0.2, 0.25) is 5.02 Å². The molecule has 18 heavy (non-hydrogen) atoms. The van der Waals surface area contributed by atoms with E-state index in [0.29, 0.717) is 10.8 Å². The normalized spacial score (nSPS) is 13.3. The van der Waals surface area contributed by atoms with Crippen LogP contribution in [0.3, 0.4) is 0 Å². The minimum atomic E-state index is -3.02. The molecule has 1 aromatic rings. The maximum atomic E-state index is 11.0. The van der Waals surface area contributed by atoms with Crippen LogP contribution in [0.1, 0.15) is 12.5 Å². The number of hydrogen-bond acceptors (Lipinski definition) is 4. The predicted molar refractivity (Wildman–Crippen MR) is 74.0 cm³/mol. The fourth-order valence-corrected chi connectivity index (χ4v) is 2.11. The quantitative estimate of drug-likeness (QED) is 0.865. The Hall–Kier alpha value is -0.780. The van der Waals surface area contributed by atoms with Gasteiger partial charge in [0.1, 0.15) is 12.4 Å². The van der Waals surface area contributed by atoms with Crippen molar-refractivity contribution < 1.29 is 13.2 Å². The fraction of sp³-hybridized carbons (Fsp3) is 0.500.